The number of hydrogen-bond acceptors (Lipinski definition) is 7. The number of ether oxygens (including phenoxy) is 2. The third-order valence-corrected chi connectivity index (χ3v) is 6.08. The van der Waals surface area contributed by atoms with Gasteiger partial charge in [0.1, 0.15) is 6.29 Å². The Bertz CT molecular complexity index is 1410. The molecule has 3 N–H and O–H groups in total. The third kappa shape index (κ3) is 7.98. The molecule has 1 aliphatic rings. The first-order valence-electron chi connectivity index (χ1n) is 13.1. The lowest BCUT2D eigenvalue weighted by atomic mass is 9.99. The number of rotatable bonds is 14. The van der Waals surface area contributed by atoms with Gasteiger partial charge in [-0.05, 0) is 41.3 Å². The monoisotopic (exact) mass is 537 g/mol. The maximum absolute atomic E-state index is 13.1. The molecule has 1 amide bonds. The summed E-state index contributed by atoms with van der Waals surface area (Å²) in [5.74, 6) is 4.96. The van der Waals surface area contributed by atoms with Gasteiger partial charge in [0.15, 0.2) is 6.29 Å². The quantitative estimate of drug-likeness (QED) is 0.124. The summed E-state index contributed by atoms with van der Waals surface area (Å²) in [6.45, 7) is 3.37. The third-order valence-electron chi connectivity index (χ3n) is 6.08. The van der Waals surface area contributed by atoms with Crippen LogP contribution in [-0.2, 0) is 30.4 Å². The second-order valence-electron chi connectivity index (χ2n) is 8.90. The summed E-state index contributed by atoms with van der Waals surface area (Å²) in [5, 5.41) is 9.75. The van der Waals surface area contributed by atoms with Gasteiger partial charge >= 0.3 is 0 Å². The number of amides is 1. The first kappa shape index (κ1) is 28.5. The van der Waals surface area contributed by atoms with Crippen molar-refractivity contribution >= 4 is 41.1 Å². The van der Waals surface area contributed by atoms with E-state index in [2.05, 4.69) is 27.8 Å². The van der Waals surface area contributed by atoms with Crippen LogP contribution in [0.1, 0.15) is 28.7 Å². The van der Waals surface area contributed by atoms with Crippen LogP contribution < -0.4 is 16.0 Å². The van der Waals surface area contributed by atoms with Crippen molar-refractivity contribution in [3.8, 4) is 11.8 Å². The number of carbonyl (C=O) groups is 3. The molecular formula is C32H31N3O5. The van der Waals surface area contributed by atoms with Crippen molar-refractivity contribution in [1.82, 2.24) is 5.32 Å². The number of nitrogens with one attached hydrogen (secondary N) is 3. The molecule has 4 rings (SSSR count). The van der Waals surface area contributed by atoms with Crippen molar-refractivity contribution < 1.29 is 23.9 Å². The van der Waals surface area contributed by atoms with E-state index in [4.69, 9.17) is 9.47 Å². The minimum absolute atomic E-state index is 0.211. The Balaban J connectivity index is 1.41. The van der Waals surface area contributed by atoms with Crippen molar-refractivity contribution in [3.63, 3.8) is 0 Å². The molecule has 8 heteroatoms. The molecule has 3 aromatic rings. The van der Waals surface area contributed by atoms with Crippen molar-refractivity contribution in [3.05, 3.63) is 95.1 Å². The first-order valence-corrected chi connectivity index (χ1v) is 13.1. The van der Waals surface area contributed by atoms with Gasteiger partial charge in [-0.25, -0.2) is 0 Å². The Hall–Kier alpha value is -4.55. The second-order valence-corrected chi connectivity index (χ2v) is 8.90. The molecule has 0 radical (unpaired) electrons. The Morgan fingerprint density at radius 3 is 2.42 bits per heavy atom. The van der Waals surface area contributed by atoms with E-state index in [1.165, 1.54) is 0 Å². The number of hydrogen-bond donors (Lipinski definition) is 3. The van der Waals surface area contributed by atoms with Crippen LogP contribution in [0.2, 0.25) is 0 Å². The van der Waals surface area contributed by atoms with E-state index < -0.39 is 0 Å². The summed E-state index contributed by atoms with van der Waals surface area (Å²) in [7, 11) is 0. The standard InChI is InChI=1S/C32H31N3O5/c36-16-4-6-24-11-14-28-29(22-24)35-32(38)30(28)31(26-7-2-1-3-8-26)34-27-12-9-25(10-13-27)23-33-15-19-40-21-20-39-18-5-17-37/h1-3,7-14,16-17,22,33-34H,5,15,18-21,23H2,(H,35,38)/b31-30-. The van der Waals surface area contributed by atoms with Crippen LogP contribution in [-0.4, -0.2) is 51.5 Å². The molecule has 204 valence electrons. The normalized spacial score (nSPS) is 13.1. The topological polar surface area (TPSA) is 106 Å². The first-order chi connectivity index (χ1) is 19.7. The van der Waals surface area contributed by atoms with E-state index in [1.807, 2.05) is 60.7 Å². The van der Waals surface area contributed by atoms with Gasteiger partial charge in [0.05, 0.1) is 43.4 Å². The average Bonchev–Trinajstić information content (AvgIpc) is 3.31. The zero-order valence-electron chi connectivity index (χ0n) is 22.1. The van der Waals surface area contributed by atoms with Crippen LogP contribution in [0, 0.1) is 11.8 Å². The lowest BCUT2D eigenvalue weighted by Gasteiger charge is -2.15. The number of benzene rings is 3. The Morgan fingerprint density at radius 1 is 0.900 bits per heavy atom. The molecule has 0 saturated heterocycles. The molecule has 0 aromatic heterocycles. The Kier molecular flexibility index (Phi) is 10.8. The van der Waals surface area contributed by atoms with E-state index in [9.17, 15) is 14.4 Å². The highest BCUT2D eigenvalue weighted by atomic mass is 16.5. The minimum atomic E-state index is -0.211. The second kappa shape index (κ2) is 15.1. The molecule has 8 nitrogen and oxygen atoms in total. The summed E-state index contributed by atoms with van der Waals surface area (Å²) in [6.07, 6.45) is 1.79. The summed E-state index contributed by atoms with van der Waals surface area (Å²) in [6, 6.07) is 23.2. The molecule has 0 saturated carbocycles. The van der Waals surface area contributed by atoms with Crippen molar-refractivity contribution in [2.75, 3.05) is 43.6 Å². The highest BCUT2D eigenvalue weighted by Gasteiger charge is 2.28. The zero-order valence-corrected chi connectivity index (χ0v) is 22.1. The van der Waals surface area contributed by atoms with Gasteiger partial charge in [0.2, 0.25) is 0 Å². The summed E-state index contributed by atoms with van der Waals surface area (Å²) in [4.78, 5) is 34.0. The maximum Gasteiger partial charge on any atom is 0.258 e. The van der Waals surface area contributed by atoms with Crippen molar-refractivity contribution in [1.29, 1.82) is 0 Å². The van der Waals surface area contributed by atoms with Crippen LogP contribution in [0.15, 0.2) is 72.8 Å². The number of anilines is 2. The van der Waals surface area contributed by atoms with Gasteiger partial charge in [-0.3, -0.25) is 9.59 Å². The van der Waals surface area contributed by atoms with E-state index in [0.717, 1.165) is 28.7 Å². The molecule has 1 aliphatic heterocycles. The van der Waals surface area contributed by atoms with Gasteiger partial charge in [0.25, 0.3) is 5.91 Å². The highest BCUT2D eigenvalue weighted by molar-refractivity contribution is 6.37. The summed E-state index contributed by atoms with van der Waals surface area (Å²) in [5.41, 5.74) is 6.15. The van der Waals surface area contributed by atoms with E-state index >= 15 is 0 Å². The Morgan fingerprint density at radius 2 is 1.68 bits per heavy atom. The van der Waals surface area contributed by atoms with Crippen molar-refractivity contribution in [2.45, 2.75) is 13.0 Å². The predicted molar refractivity (Wildman–Crippen MR) is 155 cm³/mol. The van der Waals surface area contributed by atoms with Crippen LogP contribution in [0.25, 0.3) is 11.3 Å². The predicted octanol–water partition coefficient (Wildman–Crippen LogP) is 3.88. The SMILES string of the molecule is O=CC#Cc1ccc2c(c1)NC(=O)/C2=C(\Nc1ccc(CNCCOCCOCCC=O)cc1)c1ccccc1. The van der Waals surface area contributed by atoms with E-state index in [-0.39, 0.29) is 5.91 Å². The average molecular weight is 538 g/mol. The molecule has 1 heterocycles. The fourth-order valence-electron chi connectivity index (χ4n) is 4.18. The molecule has 0 spiro atoms. The van der Waals surface area contributed by atoms with Gasteiger partial charge < -0.3 is 30.2 Å². The Labute approximate surface area is 233 Å². The van der Waals surface area contributed by atoms with Gasteiger partial charge in [-0.15, -0.1) is 0 Å². The molecule has 0 fully saturated rings. The molecule has 3 aromatic carbocycles. The minimum Gasteiger partial charge on any atom is -0.379 e. The number of carbonyl (C=O) groups excluding carboxylic acids is 3. The maximum atomic E-state index is 13.1. The molecule has 0 atom stereocenters. The summed E-state index contributed by atoms with van der Waals surface area (Å²) >= 11 is 0. The van der Waals surface area contributed by atoms with Crippen molar-refractivity contribution in [2.24, 2.45) is 0 Å². The molecule has 0 bridgehead atoms. The van der Waals surface area contributed by atoms with Crippen LogP contribution >= 0.6 is 0 Å². The lowest BCUT2D eigenvalue weighted by molar-refractivity contribution is -0.111. The number of aldehydes is 2. The molecule has 0 aliphatic carbocycles. The van der Waals surface area contributed by atoms with Gasteiger partial charge in [0, 0.05) is 36.3 Å². The van der Waals surface area contributed by atoms with Crippen LogP contribution in [0.4, 0.5) is 11.4 Å². The fourth-order valence-corrected chi connectivity index (χ4v) is 4.18. The molecular weight excluding hydrogens is 506 g/mol. The van der Waals surface area contributed by atoms with Gasteiger partial charge in [-0.2, -0.15) is 0 Å². The van der Waals surface area contributed by atoms with Gasteiger partial charge in [-0.1, -0.05) is 54.5 Å². The lowest BCUT2D eigenvalue weighted by Crippen LogP contribution is -2.20. The van der Waals surface area contributed by atoms with E-state index in [1.54, 1.807) is 12.1 Å². The largest absolute Gasteiger partial charge is 0.379 e. The fraction of sp³-hybridized carbons (Fsp3) is 0.219. The van der Waals surface area contributed by atoms with E-state index in [0.29, 0.717) is 74.7 Å². The van der Waals surface area contributed by atoms with Crippen LogP contribution in [0.5, 0.6) is 0 Å². The molecule has 40 heavy (non-hydrogen) atoms. The summed E-state index contributed by atoms with van der Waals surface area (Å²) < 4.78 is 10.8. The highest BCUT2D eigenvalue weighted by Crippen LogP contribution is 2.38. The van der Waals surface area contributed by atoms with Crippen LogP contribution in [0.3, 0.4) is 0 Å². The number of fused-ring (bicyclic) bond motifs is 1. The zero-order chi connectivity index (χ0) is 28.0. The smallest absolute Gasteiger partial charge is 0.258 e. The molecule has 0 unspecified atom stereocenters.